The van der Waals surface area contributed by atoms with Crippen LogP contribution in [0.2, 0.25) is 0 Å². The minimum absolute atomic E-state index is 0.199. The predicted octanol–water partition coefficient (Wildman–Crippen LogP) is 4.30. The van der Waals surface area contributed by atoms with E-state index < -0.39 is 0 Å². The second-order valence-electron chi connectivity index (χ2n) is 6.14. The van der Waals surface area contributed by atoms with Crippen molar-refractivity contribution in [3.8, 4) is 11.1 Å². The van der Waals surface area contributed by atoms with Crippen LogP contribution in [0.15, 0.2) is 55.0 Å². The topological polar surface area (TPSA) is 43.6 Å². The summed E-state index contributed by atoms with van der Waals surface area (Å²) >= 11 is 0. The average molecular weight is 332 g/mol. The zero-order valence-corrected chi connectivity index (χ0v) is 14.1. The van der Waals surface area contributed by atoms with Crippen LogP contribution in [0.4, 0.5) is 4.39 Å². The Balaban J connectivity index is 1.77. The summed E-state index contributed by atoms with van der Waals surface area (Å²) < 4.78 is 15.4. The van der Waals surface area contributed by atoms with Crippen molar-refractivity contribution >= 4 is 11.0 Å². The largest absolute Gasteiger partial charge is 0.261 e. The molecule has 0 spiro atoms. The monoisotopic (exact) mass is 332 g/mol. The SMILES string of the molecule is Cc1cc(-c2cnc3cnn(Cc4cccnc4C)c3c2)ccc1F. The molecule has 0 aliphatic rings. The molecule has 3 aromatic heterocycles. The summed E-state index contributed by atoms with van der Waals surface area (Å²) in [6, 6.07) is 11.1. The number of aryl methyl sites for hydroxylation is 2. The van der Waals surface area contributed by atoms with Gasteiger partial charge in [-0.15, -0.1) is 0 Å². The molecule has 0 fully saturated rings. The Labute approximate surface area is 145 Å². The maximum Gasteiger partial charge on any atom is 0.126 e. The van der Waals surface area contributed by atoms with Crippen LogP contribution in [0.3, 0.4) is 0 Å². The van der Waals surface area contributed by atoms with E-state index in [2.05, 4.69) is 21.1 Å². The summed E-state index contributed by atoms with van der Waals surface area (Å²) in [6.07, 6.45) is 5.35. The van der Waals surface area contributed by atoms with Crippen molar-refractivity contribution in [1.29, 1.82) is 0 Å². The number of hydrogen-bond donors (Lipinski definition) is 0. The molecule has 0 atom stereocenters. The number of fused-ring (bicyclic) bond motifs is 1. The molecule has 4 rings (SSSR count). The van der Waals surface area contributed by atoms with Gasteiger partial charge in [0, 0.05) is 23.7 Å². The van der Waals surface area contributed by atoms with Crippen LogP contribution in [0.1, 0.15) is 16.8 Å². The third-order valence-electron chi connectivity index (χ3n) is 4.42. The van der Waals surface area contributed by atoms with Gasteiger partial charge in [-0.3, -0.25) is 14.6 Å². The molecule has 1 aromatic carbocycles. The Morgan fingerprint density at radius 1 is 1.00 bits per heavy atom. The van der Waals surface area contributed by atoms with Gasteiger partial charge in [0.2, 0.25) is 0 Å². The highest BCUT2D eigenvalue weighted by Crippen LogP contribution is 2.25. The van der Waals surface area contributed by atoms with Crippen molar-refractivity contribution in [3.63, 3.8) is 0 Å². The summed E-state index contributed by atoms with van der Waals surface area (Å²) in [4.78, 5) is 8.83. The van der Waals surface area contributed by atoms with Crippen molar-refractivity contribution in [1.82, 2.24) is 19.7 Å². The number of rotatable bonds is 3. The molecule has 0 unspecified atom stereocenters. The van der Waals surface area contributed by atoms with E-state index in [0.29, 0.717) is 12.1 Å². The van der Waals surface area contributed by atoms with Crippen molar-refractivity contribution in [2.75, 3.05) is 0 Å². The molecule has 25 heavy (non-hydrogen) atoms. The van der Waals surface area contributed by atoms with Crippen LogP contribution in [0.25, 0.3) is 22.2 Å². The third kappa shape index (κ3) is 2.89. The van der Waals surface area contributed by atoms with Gasteiger partial charge in [-0.05, 0) is 54.8 Å². The predicted molar refractivity (Wildman–Crippen MR) is 95.7 cm³/mol. The molecule has 3 heterocycles. The first-order chi connectivity index (χ1) is 12.1. The molecule has 0 radical (unpaired) electrons. The van der Waals surface area contributed by atoms with E-state index in [1.165, 1.54) is 6.07 Å². The quantitative estimate of drug-likeness (QED) is 0.562. The summed E-state index contributed by atoms with van der Waals surface area (Å²) in [6.45, 7) is 4.39. The summed E-state index contributed by atoms with van der Waals surface area (Å²) in [5.74, 6) is -0.199. The lowest BCUT2D eigenvalue weighted by Gasteiger charge is -2.08. The highest BCUT2D eigenvalue weighted by atomic mass is 19.1. The van der Waals surface area contributed by atoms with Gasteiger partial charge in [0.05, 0.1) is 18.3 Å². The lowest BCUT2D eigenvalue weighted by atomic mass is 10.0. The smallest absolute Gasteiger partial charge is 0.126 e. The highest BCUT2D eigenvalue weighted by Gasteiger charge is 2.09. The van der Waals surface area contributed by atoms with Gasteiger partial charge in [0.1, 0.15) is 11.3 Å². The zero-order chi connectivity index (χ0) is 17.4. The minimum Gasteiger partial charge on any atom is -0.261 e. The molecule has 0 aliphatic heterocycles. The van der Waals surface area contributed by atoms with E-state index in [-0.39, 0.29) is 5.82 Å². The lowest BCUT2D eigenvalue weighted by molar-refractivity contribution is 0.619. The first-order valence-electron chi connectivity index (χ1n) is 8.10. The van der Waals surface area contributed by atoms with Crippen LogP contribution in [0, 0.1) is 19.7 Å². The number of aromatic nitrogens is 4. The molecule has 5 heteroatoms. The number of nitrogens with zero attached hydrogens (tertiary/aromatic N) is 4. The van der Waals surface area contributed by atoms with E-state index in [4.69, 9.17) is 0 Å². The minimum atomic E-state index is -0.199. The van der Waals surface area contributed by atoms with E-state index in [0.717, 1.165) is 33.4 Å². The fourth-order valence-electron chi connectivity index (χ4n) is 2.91. The first kappa shape index (κ1) is 15.4. The van der Waals surface area contributed by atoms with Crippen LogP contribution in [-0.2, 0) is 6.54 Å². The fourth-order valence-corrected chi connectivity index (χ4v) is 2.91. The fraction of sp³-hybridized carbons (Fsp3) is 0.150. The summed E-state index contributed by atoms with van der Waals surface area (Å²) in [7, 11) is 0. The summed E-state index contributed by atoms with van der Waals surface area (Å²) in [5.41, 5.74) is 6.41. The van der Waals surface area contributed by atoms with Crippen LogP contribution in [-0.4, -0.2) is 19.7 Å². The maximum atomic E-state index is 13.5. The maximum absolute atomic E-state index is 13.5. The number of pyridine rings is 2. The molecule has 0 N–H and O–H groups in total. The van der Waals surface area contributed by atoms with E-state index in [1.807, 2.05) is 29.8 Å². The lowest BCUT2D eigenvalue weighted by Crippen LogP contribution is -2.04. The Bertz CT molecular complexity index is 1070. The Kier molecular flexibility index (Phi) is 3.76. The van der Waals surface area contributed by atoms with Gasteiger partial charge in [0.15, 0.2) is 0 Å². The van der Waals surface area contributed by atoms with Crippen molar-refractivity contribution in [2.45, 2.75) is 20.4 Å². The van der Waals surface area contributed by atoms with Gasteiger partial charge >= 0.3 is 0 Å². The Morgan fingerprint density at radius 3 is 2.68 bits per heavy atom. The molecule has 0 saturated heterocycles. The number of halogens is 1. The van der Waals surface area contributed by atoms with Gasteiger partial charge in [-0.25, -0.2) is 4.39 Å². The standard InChI is InChI=1S/C20H17FN4/c1-13-8-15(5-6-18(13)21)17-9-20-19(23-10-17)11-24-25(20)12-16-4-3-7-22-14(16)2/h3-11H,12H2,1-2H3. The molecule has 0 aliphatic carbocycles. The van der Waals surface area contributed by atoms with Gasteiger partial charge in [-0.2, -0.15) is 5.10 Å². The molecule has 124 valence electrons. The molecular weight excluding hydrogens is 315 g/mol. The van der Waals surface area contributed by atoms with Gasteiger partial charge in [-0.1, -0.05) is 12.1 Å². The molecular formula is C20H17FN4. The number of hydrogen-bond acceptors (Lipinski definition) is 3. The highest BCUT2D eigenvalue weighted by molar-refractivity contribution is 5.80. The summed E-state index contributed by atoms with van der Waals surface area (Å²) in [5, 5.41) is 4.46. The van der Waals surface area contributed by atoms with Crippen molar-refractivity contribution < 1.29 is 4.39 Å². The Hall–Kier alpha value is -3.08. The normalized spacial score (nSPS) is 11.2. The first-order valence-corrected chi connectivity index (χ1v) is 8.10. The molecule has 0 amide bonds. The Morgan fingerprint density at radius 2 is 1.88 bits per heavy atom. The molecule has 4 nitrogen and oxygen atoms in total. The second kappa shape index (κ2) is 6.09. The van der Waals surface area contributed by atoms with Crippen LogP contribution in [0.5, 0.6) is 0 Å². The van der Waals surface area contributed by atoms with Gasteiger partial charge in [0.25, 0.3) is 0 Å². The van der Waals surface area contributed by atoms with Crippen LogP contribution >= 0.6 is 0 Å². The third-order valence-corrected chi connectivity index (χ3v) is 4.42. The second-order valence-corrected chi connectivity index (χ2v) is 6.14. The number of benzene rings is 1. The van der Waals surface area contributed by atoms with E-state index >= 15 is 0 Å². The zero-order valence-electron chi connectivity index (χ0n) is 14.1. The van der Waals surface area contributed by atoms with E-state index in [1.54, 1.807) is 31.6 Å². The van der Waals surface area contributed by atoms with E-state index in [9.17, 15) is 4.39 Å². The molecule has 4 aromatic rings. The van der Waals surface area contributed by atoms with Crippen LogP contribution < -0.4 is 0 Å². The molecule has 0 bridgehead atoms. The average Bonchev–Trinajstić information content (AvgIpc) is 3.01. The molecule has 0 saturated carbocycles. The van der Waals surface area contributed by atoms with Gasteiger partial charge < -0.3 is 0 Å². The van der Waals surface area contributed by atoms with Crippen molar-refractivity contribution in [3.05, 3.63) is 77.6 Å². The van der Waals surface area contributed by atoms with Crippen molar-refractivity contribution in [2.24, 2.45) is 0 Å².